The van der Waals surface area contributed by atoms with Crippen LogP contribution in [0.1, 0.15) is 36.0 Å². The van der Waals surface area contributed by atoms with Gasteiger partial charge >= 0.3 is 0 Å². The van der Waals surface area contributed by atoms with E-state index in [9.17, 15) is 9.59 Å². The van der Waals surface area contributed by atoms with Gasteiger partial charge in [-0.25, -0.2) is 0 Å². The zero-order chi connectivity index (χ0) is 21.6. The molecule has 5 nitrogen and oxygen atoms in total. The van der Waals surface area contributed by atoms with E-state index >= 15 is 0 Å². The molecular weight excluding hydrogens is 456 g/mol. The Hall–Kier alpha value is -2.86. The Morgan fingerprint density at radius 3 is 2.52 bits per heavy atom. The van der Waals surface area contributed by atoms with Crippen molar-refractivity contribution in [3.63, 3.8) is 0 Å². The van der Waals surface area contributed by atoms with Gasteiger partial charge in [-0.1, -0.05) is 49.2 Å². The summed E-state index contributed by atoms with van der Waals surface area (Å²) in [7, 11) is 0. The first-order valence-corrected chi connectivity index (χ1v) is 11.4. The number of rotatable bonds is 5. The van der Waals surface area contributed by atoms with Gasteiger partial charge in [-0.05, 0) is 63.8 Å². The largest absolute Gasteiger partial charge is 0.483 e. The standard InChI is InChI=1S/C25H25BrN2O3/c26-24-21-11-4-3-8-18(21)12-13-22(24)31-17-23(29)27-20-10-7-9-19(16-20)25(30)28-14-5-1-2-6-15-28/h3-4,7-13,16H,1-2,5-6,14-15,17H2,(H,27,29). The molecule has 0 saturated carbocycles. The quantitative estimate of drug-likeness (QED) is 0.514. The molecule has 0 radical (unpaired) electrons. The highest BCUT2D eigenvalue weighted by Crippen LogP contribution is 2.33. The van der Waals surface area contributed by atoms with Crippen LogP contribution in [0.4, 0.5) is 5.69 Å². The molecule has 0 unspecified atom stereocenters. The Morgan fingerprint density at radius 1 is 0.935 bits per heavy atom. The minimum Gasteiger partial charge on any atom is -0.483 e. The molecule has 0 spiro atoms. The fraction of sp³-hybridized carbons (Fsp3) is 0.280. The summed E-state index contributed by atoms with van der Waals surface area (Å²) in [6.07, 6.45) is 4.44. The zero-order valence-corrected chi connectivity index (χ0v) is 18.9. The third-order valence-electron chi connectivity index (χ3n) is 5.47. The smallest absolute Gasteiger partial charge is 0.262 e. The number of nitrogens with zero attached hydrogens (tertiary/aromatic N) is 1. The maximum atomic E-state index is 12.8. The molecule has 0 aliphatic carbocycles. The molecule has 1 N–H and O–H groups in total. The molecular formula is C25H25BrN2O3. The summed E-state index contributed by atoms with van der Waals surface area (Å²) in [5.41, 5.74) is 1.18. The van der Waals surface area contributed by atoms with Gasteiger partial charge in [-0.3, -0.25) is 9.59 Å². The highest BCUT2D eigenvalue weighted by Gasteiger charge is 2.18. The van der Waals surface area contributed by atoms with E-state index in [1.54, 1.807) is 24.3 Å². The molecule has 1 aliphatic rings. The molecule has 3 aromatic carbocycles. The molecule has 6 heteroatoms. The summed E-state index contributed by atoms with van der Waals surface area (Å²) in [5, 5.41) is 4.95. The minimum atomic E-state index is -0.278. The molecule has 2 amide bonds. The summed E-state index contributed by atoms with van der Waals surface area (Å²) >= 11 is 3.57. The van der Waals surface area contributed by atoms with Gasteiger partial charge in [0.2, 0.25) is 0 Å². The van der Waals surface area contributed by atoms with Crippen molar-refractivity contribution >= 4 is 44.2 Å². The summed E-state index contributed by atoms with van der Waals surface area (Å²) in [4.78, 5) is 27.2. The third kappa shape index (κ3) is 5.25. The van der Waals surface area contributed by atoms with Gasteiger partial charge in [0.05, 0.1) is 4.47 Å². The van der Waals surface area contributed by atoms with Gasteiger partial charge < -0.3 is 15.0 Å². The molecule has 0 aromatic heterocycles. The Kier molecular flexibility index (Phi) is 6.87. The molecule has 4 rings (SSSR count). The van der Waals surface area contributed by atoms with Crippen LogP contribution in [0.3, 0.4) is 0 Å². The van der Waals surface area contributed by atoms with Crippen LogP contribution in [0.5, 0.6) is 5.75 Å². The van der Waals surface area contributed by atoms with Crippen LogP contribution in [-0.4, -0.2) is 36.4 Å². The van der Waals surface area contributed by atoms with E-state index < -0.39 is 0 Å². The third-order valence-corrected chi connectivity index (χ3v) is 6.29. The Labute approximate surface area is 190 Å². The second-order valence-corrected chi connectivity index (χ2v) is 8.52. The molecule has 1 fully saturated rings. The second-order valence-electron chi connectivity index (χ2n) is 7.72. The number of ether oxygens (including phenoxy) is 1. The van der Waals surface area contributed by atoms with Crippen molar-refractivity contribution in [2.45, 2.75) is 25.7 Å². The van der Waals surface area contributed by atoms with Gasteiger partial charge in [0.1, 0.15) is 5.75 Å². The van der Waals surface area contributed by atoms with Crippen LogP contribution in [-0.2, 0) is 4.79 Å². The Balaban J connectivity index is 1.38. The van der Waals surface area contributed by atoms with Crippen LogP contribution in [0.2, 0.25) is 0 Å². The van der Waals surface area contributed by atoms with Crippen LogP contribution >= 0.6 is 15.9 Å². The molecule has 1 aliphatic heterocycles. The fourth-order valence-corrected chi connectivity index (χ4v) is 4.46. The first-order valence-electron chi connectivity index (χ1n) is 10.6. The lowest BCUT2D eigenvalue weighted by Gasteiger charge is -2.20. The van der Waals surface area contributed by atoms with E-state index in [0.29, 0.717) is 17.0 Å². The average molecular weight is 481 g/mol. The number of carbonyl (C=O) groups excluding carboxylic acids is 2. The Bertz CT molecular complexity index is 1090. The van der Waals surface area contributed by atoms with Gasteiger partial charge in [-0.15, -0.1) is 0 Å². The molecule has 31 heavy (non-hydrogen) atoms. The lowest BCUT2D eigenvalue weighted by Crippen LogP contribution is -2.31. The Morgan fingerprint density at radius 2 is 1.71 bits per heavy atom. The number of carbonyl (C=O) groups is 2. The molecule has 0 atom stereocenters. The van der Waals surface area contributed by atoms with Crippen molar-refractivity contribution < 1.29 is 14.3 Å². The van der Waals surface area contributed by atoms with Gasteiger partial charge in [0.15, 0.2) is 6.61 Å². The van der Waals surface area contributed by atoms with Gasteiger partial charge in [0, 0.05) is 24.3 Å². The fourth-order valence-electron chi connectivity index (χ4n) is 3.85. The normalized spacial score (nSPS) is 14.2. The topological polar surface area (TPSA) is 58.6 Å². The van der Waals surface area contributed by atoms with E-state index in [-0.39, 0.29) is 18.4 Å². The highest BCUT2D eigenvalue weighted by atomic mass is 79.9. The predicted molar refractivity (Wildman–Crippen MR) is 127 cm³/mol. The molecule has 1 saturated heterocycles. The van der Waals surface area contributed by atoms with E-state index in [2.05, 4.69) is 21.2 Å². The maximum absolute atomic E-state index is 12.8. The average Bonchev–Trinajstić information content (AvgIpc) is 3.08. The van der Waals surface area contributed by atoms with Crippen LogP contribution in [0.15, 0.2) is 65.1 Å². The first-order chi connectivity index (χ1) is 15.1. The lowest BCUT2D eigenvalue weighted by atomic mass is 10.1. The number of benzene rings is 3. The highest BCUT2D eigenvalue weighted by molar-refractivity contribution is 9.10. The van der Waals surface area contributed by atoms with Crippen molar-refractivity contribution in [1.29, 1.82) is 0 Å². The SMILES string of the molecule is O=C(COc1ccc2ccccc2c1Br)Nc1cccc(C(=O)N2CCCCCC2)c1. The molecule has 3 aromatic rings. The van der Waals surface area contributed by atoms with Crippen molar-refractivity contribution in [2.24, 2.45) is 0 Å². The van der Waals surface area contributed by atoms with E-state index in [1.165, 1.54) is 12.8 Å². The number of halogens is 1. The van der Waals surface area contributed by atoms with Crippen LogP contribution in [0.25, 0.3) is 10.8 Å². The number of hydrogen-bond donors (Lipinski definition) is 1. The first kappa shape index (κ1) is 21.4. The second kappa shape index (κ2) is 9.96. The number of fused-ring (bicyclic) bond motifs is 1. The molecule has 1 heterocycles. The number of anilines is 1. The summed E-state index contributed by atoms with van der Waals surface area (Å²) in [6, 6.07) is 18.9. The van der Waals surface area contributed by atoms with Crippen LogP contribution in [0, 0.1) is 0 Å². The summed E-state index contributed by atoms with van der Waals surface area (Å²) in [6.45, 7) is 1.47. The summed E-state index contributed by atoms with van der Waals surface area (Å²) < 4.78 is 6.55. The molecule has 0 bridgehead atoms. The monoisotopic (exact) mass is 480 g/mol. The molecule has 160 valence electrons. The maximum Gasteiger partial charge on any atom is 0.262 e. The zero-order valence-electron chi connectivity index (χ0n) is 17.3. The summed E-state index contributed by atoms with van der Waals surface area (Å²) in [5.74, 6) is 0.354. The van der Waals surface area contributed by atoms with Crippen molar-refractivity contribution in [2.75, 3.05) is 25.0 Å². The number of amides is 2. The van der Waals surface area contributed by atoms with Gasteiger partial charge in [0.25, 0.3) is 11.8 Å². The van der Waals surface area contributed by atoms with Crippen molar-refractivity contribution in [3.05, 3.63) is 70.7 Å². The van der Waals surface area contributed by atoms with Crippen LogP contribution < -0.4 is 10.1 Å². The van der Waals surface area contributed by atoms with E-state index in [0.717, 1.165) is 41.2 Å². The minimum absolute atomic E-state index is 0.0225. The number of hydrogen-bond acceptors (Lipinski definition) is 3. The number of likely N-dealkylation sites (tertiary alicyclic amines) is 1. The lowest BCUT2D eigenvalue weighted by molar-refractivity contribution is -0.118. The van der Waals surface area contributed by atoms with E-state index in [1.807, 2.05) is 41.3 Å². The predicted octanol–water partition coefficient (Wildman–Crippen LogP) is 5.64. The van der Waals surface area contributed by atoms with Crippen molar-refractivity contribution in [1.82, 2.24) is 4.90 Å². The number of nitrogens with one attached hydrogen (secondary N) is 1. The van der Waals surface area contributed by atoms with Gasteiger partial charge in [-0.2, -0.15) is 0 Å². The van der Waals surface area contributed by atoms with E-state index in [4.69, 9.17) is 4.74 Å². The van der Waals surface area contributed by atoms with Crippen molar-refractivity contribution in [3.8, 4) is 5.75 Å².